The molecule has 4 nitrogen and oxygen atoms in total. The molecule has 0 aromatic carbocycles. The van der Waals surface area contributed by atoms with Gasteiger partial charge in [0.15, 0.2) is 0 Å². The first kappa shape index (κ1) is 14.6. The van der Waals surface area contributed by atoms with Crippen molar-refractivity contribution in [2.24, 2.45) is 11.3 Å². The molecule has 2 aliphatic rings. The minimum Gasteiger partial charge on any atom is -0.444 e. The van der Waals surface area contributed by atoms with Crippen molar-refractivity contribution in [3.8, 4) is 0 Å². The second kappa shape index (κ2) is 4.65. The highest BCUT2D eigenvalue weighted by atomic mass is 16.6. The summed E-state index contributed by atoms with van der Waals surface area (Å²) < 4.78 is 5.53. The predicted molar refractivity (Wildman–Crippen MR) is 76.1 cm³/mol. The van der Waals surface area contributed by atoms with Gasteiger partial charge >= 0.3 is 6.09 Å². The molecule has 19 heavy (non-hydrogen) atoms. The van der Waals surface area contributed by atoms with E-state index in [-0.39, 0.29) is 11.5 Å². The maximum atomic E-state index is 12.3. The summed E-state index contributed by atoms with van der Waals surface area (Å²) in [7, 11) is 2.18. The molecule has 1 amide bonds. The van der Waals surface area contributed by atoms with E-state index in [1.807, 2.05) is 25.7 Å². The molecular formula is C15H28N2O2. The molecule has 0 spiro atoms. The maximum Gasteiger partial charge on any atom is 0.410 e. The number of ether oxygens (including phenoxy) is 1. The molecular weight excluding hydrogens is 240 g/mol. The zero-order chi connectivity index (χ0) is 14.4. The maximum absolute atomic E-state index is 12.3. The van der Waals surface area contributed by atoms with Gasteiger partial charge in [0, 0.05) is 25.0 Å². The Hall–Kier alpha value is -0.770. The fraction of sp³-hybridized carbons (Fsp3) is 0.933. The molecule has 4 heteroatoms. The number of hydrogen-bond donors (Lipinski definition) is 0. The molecule has 0 aromatic rings. The normalized spacial score (nSPS) is 31.2. The molecule has 2 atom stereocenters. The molecule has 2 heterocycles. The highest BCUT2D eigenvalue weighted by molar-refractivity contribution is 5.70. The van der Waals surface area contributed by atoms with E-state index >= 15 is 0 Å². The van der Waals surface area contributed by atoms with Gasteiger partial charge in [-0.2, -0.15) is 0 Å². The number of rotatable bonds is 0. The molecule has 2 rings (SSSR count). The average Bonchev–Trinajstić information content (AvgIpc) is 2.23. The van der Waals surface area contributed by atoms with Crippen LogP contribution in [0.3, 0.4) is 0 Å². The molecule has 0 aliphatic carbocycles. The number of nitrogens with zero attached hydrogens (tertiary/aromatic N) is 2. The van der Waals surface area contributed by atoms with E-state index in [9.17, 15) is 4.79 Å². The number of hydrogen-bond acceptors (Lipinski definition) is 3. The zero-order valence-electron chi connectivity index (χ0n) is 13.2. The van der Waals surface area contributed by atoms with Crippen LogP contribution in [0.25, 0.3) is 0 Å². The Morgan fingerprint density at radius 2 is 1.89 bits per heavy atom. The van der Waals surface area contributed by atoms with Gasteiger partial charge in [-0.25, -0.2) is 4.79 Å². The average molecular weight is 268 g/mol. The Balaban J connectivity index is 2.08. The van der Waals surface area contributed by atoms with Crippen molar-refractivity contribution in [1.82, 2.24) is 9.80 Å². The van der Waals surface area contributed by atoms with E-state index < -0.39 is 5.60 Å². The molecule has 0 aromatic heterocycles. The van der Waals surface area contributed by atoms with Gasteiger partial charge in [0.2, 0.25) is 0 Å². The molecule has 2 aliphatic heterocycles. The first-order chi connectivity index (χ1) is 8.60. The Bertz CT molecular complexity index is 360. The van der Waals surface area contributed by atoms with Crippen molar-refractivity contribution in [3.05, 3.63) is 0 Å². The number of fused-ring (bicyclic) bond motifs is 1. The van der Waals surface area contributed by atoms with Crippen molar-refractivity contribution in [3.63, 3.8) is 0 Å². The molecule has 0 unspecified atom stereocenters. The fourth-order valence-corrected chi connectivity index (χ4v) is 3.43. The standard InChI is InChI=1S/C15H28N2O2/c1-14(2,3)19-13(18)17-10-11-9-16(6)8-7-15(4,5)12(11)17/h11-12H,7-10H2,1-6H3/t11-,12+/m1/s1. The van der Waals surface area contributed by atoms with Gasteiger partial charge in [0.05, 0.1) is 0 Å². The van der Waals surface area contributed by atoms with E-state index in [4.69, 9.17) is 4.74 Å². The Labute approximate surface area is 117 Å². The smallest absolute Gasteiger partial charge is 0.410 e. The molecule has 2 saturated heterocycles. The van der Waals surface area contributed by atoms with E-state index in [0.29, 0.717) is 12.0 Å². The van der Waals surface area contributed by atoms with Crippen LogP contribution < -0.4 is 0 Å². The van der Waals surface area contributed by atoms with Crippen LogP contribution in [-0.4, -0.2) is 54.2 Å². The van der Waals surface area contributed by atoms with Crippen LogP contribution in [0.1, 0.15) is 41.0 Å². The summed E-state index contributed by atoms with van der Waals surface area (Å²) in [4.78, 5) is 16.6. The van der Waals surface area contributed by atoms with Gasteiger partial charge in [-0.1, -0.05) is 13.8 Å². The molecule has 0 N–H and O–H groups in total. The highest BCUT2D eigenvalue weighted by Crippen LogP contribution is 2.43. The van der Waals surface area contributed by atoms with Crippen molar-refractivity contribution in [2.75, 3.05) is 26.7 Å². The SMILES string of the molecule is CN1CCC(C)(C)[C@@H]2[C@H](C1)CN2C(=O)OC(C)(C)C. The fourth-order valence-electron chi connectivity index (χ4n) is 3.43. The zero-order valence-corrected chi connectivity index (χ0v) is 13.2. The van der Waals surface area contributed by atoms with Crippen molar-refractivity contribution >= 4 is 6.09 Å². The lowest BCUT2D eigenvalue weighted by atomic mass is 9.70. The quantitative estimate of drug-likeness (QED) is 0.677. The summed E-state index contributed by atoms with van der Waals surface area (Å²) in [5.74, 6) is 0.593. The first-order valence-corrected chi connectivity index (χ1v) is 7.28. The van der Waals surface area contributed by atoms with Crippen LogP contribution in [-0.2, 0) is 4.74 Å². The van der Waals surface area contributed by atoms with Gasteiger partial charge in [0.25, 0.3) is 0 Å². The summed E-state index contributed by atoms with van der Waals surface area (Å²) >= 11 is 0. The number of amides is 1. The lowest BCUT2D eigenvalue weighted by molar-refractivity contribution is -0.0660. The molecule has 110 valence electrons. The van der Waals surface area contributed by atoms with Crippen molar-refractivity contribution in [1.29, 1.82) is 0 Å². The van der Waals surface area contributed by atoms with Crippen LogP contribution in [0.5, 0.6) is 0 Å². The number of likely N-dealkylation sites (tertiary alicyclic amines) is 2. The van der Waals surface area contributed by atoms with Crippen LogP contribution >= 0.6 is 0 Å². The second-order valence-corrected chi connectivity index (χ2v) is 7.84. The van der Waals surface area contributed by atoms with Gasteiger partial charge in [0.1, 0.15) is 5.60 Å². The number of carbonyl (C=O) groups is 1. The summed E-state index contributed by atoms with van der Waals surface area (Å²) in [6.07, 6.45) is 0.982. The molecule has 0 bridgehead atoms. The minimum atomic E-state index is -0.409. The lowest BCUT2D eigenvalue weighted by Crippen LogP contribution is -2.65. The third kappa shape index (κ3) is 3.04. The molecule has 0 radical (unpaired) electrons. The third-order valence-corrected chi connectivity index (χ3v) is 4.33. The van der Waals surface area contributed by atoms with Crippen molar-refractivity contribution in [2.45, 2.75) is 52.7 Å². The Morgan fingerprint density at radius 1 is 1.26 bits per heavy atom. The summed E-state index contributed by atoms with van der Waals surface area (Å²) in [6.45, 7) is 13.4. The third-order valence-electron chi connectivity index (χ3n) is 4.33. The largest absolute Gasteiger partial charge is 0.444 e. The van der Waals surface area contributed by atoms with Crippen LogP contribution in [0.4, 0.5) is 4.79 Å². The van der Waals surface area contributed by atoms with Gasteiger partial charge in [-0.05, 0) is 46.2 Å². The molecule has 0 saturated carbocycles. The van der Waals surface area contributed by atoms with Gasteiger partial charge < -0.3 is 14.5 Å². The number of carbonyl (C=O) groups excluding carboxylic acids is 1. The van der Waals surface area contributed by atoms with Crippen LogP contribution in [0.15, 0.2) is 0 Å². The highest BCUT2D eigenvalue weighted by Gasteiger charge is 2.52. The van der Waals surface area contributed by atoms with Gasteiger partial charge in [-0.15, -0.1) is 0 Å². The van der Waals surface area contributed by atoms with Crippen LogP contribution in [0.2, 0.25) is 0 Å². The summed E-state index contributed by atoms with van der Waals surface area (Å²) in [5, 5.41) is 0. The van der Waals surface area contributed by atoms with Crippen LogP contribution in [0, 0.1) is 11.3 Å². The predicted octanol–water partition coefficient (Wildman–Crippen LogP) is 2.58. The van der Waals surface area contributed by atoms with E-state index in [0.717, 1.165) is 26.1 Å². The van der Waals surface area contributed by atoms with E-state index in [1.165, 1.54) is 0 Å². The summed E-state index contributed by atoms with van der Waals surface area (Å²) in [5.41, 5.74) is -0.238. The summed E-state index contributed by atoms with van der Waals surface area (Å²) in [6, 6.07) is 0.326. The Morgan fingerprint density at radius 3 is 2.47 bits per heavy atom. The van der Waals surface area contributed by atoms with E-state index in [2.05, 4.69) is 25.8 Å². The van der Waals surface area contributed by atoms with Crippen molar-refractivity contribution < 1.29 is 9.53 Å². The lowest BCUT2D eigenvalue weighted by Gasteiger charge is -2.54. The van der Waals surface area contributed by atoms with E-state index in [1.54, 1.807) is 0 Å². The Kier molecular flexibility index (Phi) is 3.58. The first-order valence-electron chi connectivity index (χ1n) is 7.28. The monoisotopic (exact) mass is 268 g/mol. The second-order valence-electron chi connectivity index (χ2n) is 7.84. The minimum absolute atomic E-state index is 0.147. The van der Waals surface area contributed by atoms with Gasteiger partial charge in [-0.3, -0.25) is 0 Å². The topological polar surface area (TPSA) is 32.8 Å². The molecule has 2 fully saturated rings.